The van der Waals surface area contributed by atoms with Crippen LogP contribution in [0.2, 0.25) is 0 Å². The van der Waals surface area contributed by atoms with Crippen LogP contribution in [0.15, 0.2) is 85.1 Å². The second kappa shape index (κ2) is 11.1. The van der Waals surface area contributed by atoms with Crippen LogP contribution in [0.1, 0.15) is 46.1 Å². The number of nitrogens with two attached hydrogens (primary N) is 1. The number of fused-ring (bicyclic) bond motifs is 1. The fraction of sp³-hybridized carbons (Fsp3) is 0.212. The van der Waals surface area contributed by atoms with Crippen LogP contribution in [0.3, 0.4) is 0 Å². The molecule has 1 saturated heterocycles. The number of rotatable bonds is 6. The highest BCUT2D eigenvalue weighted by Crippen LogP contribution is 2.32. The Kier molecular flexibility index (Phi) is 7.15. The summed E-state index contributed by atoms with van der Waals surface area (Å²) < 4.78 is 14.3. The number of aromatic hydroxyl groups is 1. The molecule has 8 heteroatoms. The Labute approximate surface area is 237 Å². The van der Waals surface area contributed by atoms with Crippen LogP contribution in [-0.2, 0) is 0 Å². The molecule has 0 bridgehead atoms. The average molecular weight is 550 g/mol. The second-order valence-corrected chi connectivity index (χ2v) is 10.7. The van der Waals surface area contributed by atoms with Crippen LogP contribution in [0.4, 0.5) is 10.2 Å². The first-order valence-corrected chi connectivity index (χ1v) is 13.8. The molecule has 5 N–H and O–H groups in total. The number of nitrogens with zero attached hydrogens (tertiary/aromatic N) is 2. The normalized spacial score (nSPS) is 14.8. The number of nitrogens with one attached hydrogen (secondary N) is 2. The number of carbonyl (C=O) groups is 1. The number of hydrogen-bond donors (Lipinski definition) is 4. The van der Waals surface area contributed by atoms with Gasteiger partial charge in [0.2, 0.25) is 0 Å². The first-order valence-electron chi connectivity index (χ1n) is 13.8. The molecular weight excluding hydrogens is 517 g/mol. The molecule has 0 aliphatic carbocycles. The Morgan fingerprint density at radius 1 is 1.05 bits per heavy atom. The number of aromatic amines is 1. The number of carbonyl (C=O) groups excluding carboxylic acids is 1. The van der Waals surface area contributed by atoms with Crippen LogP contribution in [0, 0.1) is 12.7 Å². The third-order valence-corrected chi connectivity index (χ3v) is 7.72. The van der Waals surface area contributed by atoms with E-state index in [9.17, 15) is 14.3 Å². The molecule has 6 rings (SSSR count). The minimum absolute atomic E-state index is 0.109. The van der Waals surface area contributed by atoms with Crippen molar-refractivity contribution in [3.05, 3.63) is 113 Å². The van der Waals surface area contributed by atoms with E-state index in [1.54, 1.807) is 0 Å². The van der Waals surface area contributed by atoms with Crippen LogP contribution >= 0.6 is 0 Å². The van der Waals surface area contributed by atoms with Crippen molar-refractivity contribution in [1.82, 2.24) is 15.3 Å². The lowest BCUT2D eigenvalue weighted by molar-refractivity contribution is 0.0942. The number of pyridine rings is 1. The van der Waals surface area contributed by atoms with Gasteiger partial charge in [0, 0.05) is 53.2 Å². The minimum Gasteiger partial charge on any atom is -0.508 e. The predicted octanol–water partition coefficient (Wildman–Crippen LogP) is 5.83. The number of para-hydroxylation sites is 1. The highest BCUT2D eigenvalue weighted by atomic mass is 19.1. The summed E-state index contributed by atoms with van der Waals surface area (Å²) in [7, 11) is 0. The van der Waals surface area contributed by atoms with Gasteiger partial charge in [-0.15, -0.1) is 0 Å². The molecular formula is C33H32FN5O2. The molecule has 0 saturated carbocycles. The van der Waals surface area contributed by atoms with E-state index in [0.717, 1.165) is 59.3 Å². The number of aromatic nitrogens is 2. The quantitative estimate of drug-likeness (QED) is 0.213. The second-order valence-electron chi connectivity index (χ2n) is 10.7. The number of phenols is 1. The summed E-state index contributed by atoms with van der Waals surface area (Å²) in [5, 5.41) is 14.6. The van der Waals surface area contributed by atoms with E-state index in [1.165, 1.54) is 18.2 Å². The van der Waals surface area contributed by atoms with Crippen molar-refractivity contribution < 1.29 is 14.3 Å². The summed E-state index contributed by atoms with van der Waals surface area (Å²) in [6.45, 7) is 3.72. The van der Waals surface area contributed by atoms with Crippen molar-refractivity contribution >= 4 is 22.6 Å². The van der Waals surface area contributed by atoms with Gasteiger partial charge in [-0.2, -0.15) is 0 Å². The van der Waals surface area contributed by atoms with E-state index < -0.39 is 11.9 Å². The number of hydrogen-bond acceptors (Lipinski definition) is 5. The molecule has 1 amide bonds. The number of H-pyrrole nitrogens is 1. The van der Waals surface area contributed by atoms with Crippen molar-refractivity contribution in [3.63, 3.8) is 0 Å². The third-order valence-electron chi connectivity index (χ3n) is 7.72. The van der Waals surface area contributed by atoms with E-state index in [-0.39, 0.29) is 23.3 Å². The third kappa shape index (κ3) is 5.64. The molecule has 2 aromatic heterocycles. The number of amides is 1. The lowest BCUT2D eigenvalue weighted by atomic mass is 9.99. The lowest BCUT2D eigenvalue weighted by Crippen LogP contribution is -2.40. The van der Waals surface area contributed by atoms with E-state index in [4.69, 9.17) is 10.7 Å². The van der Waals surface area contributed by atoms with Gasteiger partial charge in [-0.05, 0) is 90.9 Å². The van der Waals surface area contributed by atoms with Gasteiger partial charge in [0.15, 0.2) is 0 Å². The topological polar surface area (TPSA) is 107 Å². The summed E-state index contributed by atoms with van der Waals surface area (Å²) >= 11 is 0. The fourth-order valence-electron chi connectivity index (χ4n) is 5.50. The first-order chi connectivity index (χ1) is 19.8. The molecule has 3 aromatic carbocycles. The molecule has 1 fully saturated rings. The molecule has 41 heavy (non-hydrogen) atoms. The zero-order chi connectivity index (χ0) is 28.5. The van der Waals surface area contributed by atoms with Crippen molar-refractivity contribution in [2.24, 2.45) is 5.73 Å². The van der Waals surface area contributed by atoms with Gasteiger partial charge in [-0.25, -0.2) is 9.37 Å². The molecule has 208 valence electrons. The smallest absolute Gasteiger partial charge is 0.252 e. The molecule has 0 spiro atoms. The van der Waals surface area contributed by atoms with E-state index in [2.05, 4.69) is 15.2 Å². The standard InChI is InChI=1S/C33H32FN5O2/c1-20-14-23(22-6-9-31(36-19-22)39-12-10-26(35)11-13-39)16-24(15-20)33(41)38-32(27-18-25(34)7-8-30(27)40)29-17-21-4-2-3-5-28(21)37-29/h2-9,14-19,26,32,37,40H,10-13,35H2,1H3,(H,38,41)/t32-/m1/s1. The molecule has 1 aliphatic heterocycles. The number of anilines is 1. The monoisotopic (exact) mass is 549 g/mol. The van der Waals surface area contributed by atoms with Gasteiger partial charge in [-0.3, -0.25) is 4.79 Å². The van der Waals surface area contributed by atoms with Gasteiger partial charge in [0.1, 0.15) is 17.4 Å². The highest BCUT2D eigenvalue weighted by molar-refractivity contribution is 5.96. The molecule has 3 heterocycles. The maximum Gasteiger partial charge on any atom is 0.252 e. The zero-order valence-electron chi connectivity index (χ0n) is 22.8. The summed E-state index contributed by atoms with van der Waals surface area (Å²) in [4.78, 5) is 24.0. The summed E-state index contributed by atoms with van der Waals surface area (Å²) in [5.41, 5.74) is 10.9. The fourth-order valence-corrected chi connectivity index (χ4v) is 5.50. The van der Waals surface area contributed by atoms with Crippen LogP contribution in [0.5, 0.6) is 5.75 Å². The molecule has 0 radical (unpaired) electrons. The first kappa shape index (κ1) is 26.5. The Morgan fingerprint density at radius 2 is 1.85 bits per heavy atom. The van der Waals surface area contributed by atoms with Crippen molar-refractivity contribution in [3.8, 4) is 16.9 Å². The van der Waals surface area contributed by atoms with Crippen molar-refractivity contribution in [1.29, 1.82) is 0 Å². The zero-order valence-corrected chi connectivity index (χ0v) is 22.8. The van der Waals surface area contributed by atoms with Crippen LogP contribution in [-0.4, -0.2) is 40.1 Å². The van der Waals surface area contributed by atoms with Gasteiger partial charge in [-0.1, -0.05) is 24.3 Å². The molecule has 5 aromatic rings. The van der Waals surface area contributed by atoms with Gasteiger partial charge < -0.3 is 26.0 Å². The number of phenolic OH excluding ortho intramolecular Hbond substituents is 1. The maximum atomic E-state index is 14.3. The van der Waals surface area contributed by atoms with Crippen molar-refractivity contribution in [2.75, 3.05) is 18.0 Å². The molecule has 1 atom stereocenters. The van der Waals surface area contributed by atoms with Gasteiger partial charge in [0.25, 0.3) is 5.91 Å². The maximum absolute atomic E-state index is 14.3. The summed E-state index contributed by atoms with van der Waals surface area (Å²) in [6, 6.07) is 22.5. The number of benzene rings is 3. The van der Waals surface area contributed by atoms with Crippen LogP contribution < -0.4 is 16.0 Å². The van der Waals surface area contributed by atoms with Crippen LogP contribution in [0.25, 0.3) is 22.0 Å². The molecule has 1 aliphatic rings. The van der Waals surface area contributed by atoms with E-state index >= 15 is 0 Å². The Hall–Kier alpha value is -4.69. The van der Waals surface area contributed by atoms with E-state index in [0.29, 0.717) is 11.3 Å². The number of piperidine rings is 1. The Bertz CT molecular complexity index is 1670. The Morgan fingerprint density at radius 3 is 2.61 bits per heavy atom. The van der Waals surface area contributed by atoms with Gasteiger partial charge in [0.05, 0.1) is 6.04 Å². The molecule has 0 unspecified atom stereocenters. The number of halogens is 1. The van der Waals surface area contributed by atoms with E-state index in [1.807, 2.05) is 73.8 Å². The minimum atomic E-state index is -0.812. The SMILES string of the molecule is Cc1cc(C(=O)N[C@@H](c2cc3ccccc3[nH]2)c2cc(F)ccc2O)cc(-c2ccc(N3CCC(N)CC3)nc2)c1. The predicted molar refractivity (Wildman–Crippen MR) is 160 cm³/mol. The largest absolute Gasteiger partial charge is 0.508 e. The molecule has 7 nitrogen and oxygen atoms in total. The Balaban J connectivity index is 1.30. The number of aryl methyl sites for hydroxylation is 1. The lowest BCUT2D eigenvalue weighted by Gasteiger charge is -2.31. The highest BCUT2D eigenvalue weighted by Gasteiger charge is 2.24. The van der Waals surface area contributed by atoms with Crippen molar-refractivity contribution in [2.45, 2.75) is 31.8 Å². The van der Waals surface area contributed by atoms with Gasteiger partial charge >= 0.3 is 0 Å². The summed E-state index contributed by atoms with van der Waals surface area (Å²) in [6.07, 6.45) is 3.73. The average Bonchev–Trinajstić information content (AvgIpc) is 3.41. The summed E-state index contributed by atoms with van der Waals surface area (Å²) in [5.74, 6) is -0.0460.